The molecule has 1 heteroatoms. The molecule has 12 aromatic carbocycles. The Hall–Kier alpha value is -8.00. The van der Waals surface area contributed by atoms with E-state index in [0.717, 1.165) is 17.1 Å². The van der Waals surface area contributed by atoms with E-state index in [1.165, 1.54) is 98.0 Å². The van der Waals surface area contributed by atoms with Gasteiger partial charge in [0.2, 0.25) is 0 Å². The molecule has 0 spiro atoms. The number of rotatable bonds is 6. The van der Waals surface area contributed by atoms with Gasteiger partial charge in [-0.2, -0.15) is 0 Å². The minimum Gasteiger partial charge on any atom is -0.309 e. The molecule has 0 bridgehead atoms. The molecule has 284 valence electrons. The van der Waals surface area contributed by atoms with Crippen molar-refractivity contribution >= 4 is 81.7 Å². The van der Waals surface area contributed by atoms with Gasteiger partial charge in [-0.15, -0.1) is 0 Å². The number of hydrogen-bond acceptors (Lipinski definition) is 1. The van der Waals surface area contributed by atoms with Crippen LogP contribution in [0.2, 0.25) is 0 Å². The van der Waals surface area contributed by atoms with E-state index in [1.54, 1.807) is 0 Å². The topological polar surface area (TPSA) is 3.24 Å². The molecule has 1 nitrogen and oxygen atoms in total. The Balaban J connectivity index is 1.11. The summed E-state index contributed by atoms with van der Waals surface area (Å²) in [7, 11) is 0. The van der Waals surface area contributed by atoms with E-state index in [4.69, 9.17) is 0 Å². The SMILES string of the molecule is c1ccc2c(-c3ccc(N(c4ccc(-c5ccc6ccc7ccccc7c6c5)cc4)c4c(-c5cccc6ccccc56)c5ccccc5c5ccccc45)cc3)cccc2c1. The van der Waals surface area contributed by atoms with Crippen molar-refractivity contribution in [3.63, 3.8) is 0 Å². The Morgan fingerprint density at radius 3 is 1.28 bits per heavy atom. The lowest BCUT2D eigenvalue weighted by atomic mass is 9.88. The molecule has 0 fully saturated rings. The number of anilines is 3. The van der Waals surface area contributed by atoms with Gasteiger partial charge in [-0.25, -0.2) is 0 Å². The fraction of sp³-hybridized carbons (Fsp3) is 0. The Kier molecular flexibility index (Phi) is 8.25. The van der Waals surface area contributed by atoms with Crippen molar-refractivity contribution in [2.24, 2.45) is 0 Å². The van der Waals surface area contributed by atoms with Crippen molar-refractivity contribution in [2.75, 3.05) is 4.90 Å². The molecular weight excluding hydrogens is 735 g/mol. The third-order valence-corrected chi connectivity index (χ3v) is 12.6. The summed E-state index contributed by atoms with van der Waals surface area (Å²) < 4.78 is 0. The summed E-state index contributed by atoms with van der Waals surface area (Å²) in [4.78, 5) is 2.50. The molecular formula is C60H39N. The van der Waals surface area contributed by atoms with E-state index < -0.39 is 0 Å². The van der Waals surface area contributed by atoms with Crippen molar-refractivity contribution in [1.29, 1.82) is 0 Å². The Morgan fingerprint density at radius 1 is 0.230 bits per heavy atom. The van der Waals surface area contributed by atoms with E-state index >= 15 is 0 Å². The third kappa shape index (κ3) is 5.86. The second-order valence-corrected chi connectivity index (χ2v) is 16.0. The molecule has 0 radical (unpaired) electrons. The molecule has 61 heavy (non-hydrogen) atoms. The van der Waals surface area contributed by atoms with Gasteiger partial charge in [-0.05, 0) is 117 Å². The predicted molar refractivity (Wildman–Crippen MR) is 262 cm³/mol. The summed E-state index contributed by atoms with van der Waals surface area (Å²) >= 11 is 0. The maximum absolute atomic E-state index is 2.50. The zero-order valence-electron chi connectivity index (χ0n) is 33.5. The van der Waals surface area contributed by atoms with Crippen LogP contribution in [-0.2, 0) is 0 Å². The predicted octanol–water partition coefficient (Wildman–Crippen LogP) is 17.1. The van der Waals surface area contributed by atoms with Crippen molar-refractivity contribution in [2.45, 2.75) is 0 Å². The summed E-state index contributed by atoms with van der Waals surface area (Å²) in [6.45, 7) is 0. The molecule has 0 aliphatic carbocycles. The summed E-state index contributed by atoms with van der Waals surface area (Å²) in [6.07, 6.45) is 0. The number of hydrogen-bond donors (Lipinski definition) is 0. The lowest BCUT2D eigenvalue weighted by molar-refractivity contribution is 1.30. The van der Waals surface area contributed by atoms with Crippen molar-refractivity contribution in [3.8, 4) is 33.4 Å². The van der Waals surface area contributed by atoms with E-state index in [2.05, 4.69) is 241 Å². The van der Waals surface area contributed by atoms with Gasteiger partial charge >= 0.3 is 0 Å². The first kappa shape index (κ1) is 35.0. The van der Waals surface area contributed by atoms with E-state index in [1.807, 2.05) is 0 Å². The highest BCUT2D eigenvalue weighted by molar-refractivity contribution is 6.24. The summed E-state index contributed by atoms with van der Waals surface area (Å²) in [5, 5.41) is 14.9. The van der Waals surface area contributed by atoms with Crippen LogP contribution < -0.4 is 4.90 Å². The highest BCUT2D eigenvalue weighted by Gasteiger charge is 2.25. The molecule has 12 aromatic rings. The van der Waals surface area contributed by atoms with E-state index in [0.29, 0.717) is 0 Å². The van der Waals surface area contributed by atoms with Crippen molar-refractivity contribution < 1.29 is 0 Å². The first-order valence-corrected chi connectivity index (χ1v) is 21.1. The molecule has 0 aliphatic heterocycles. The summed E-state index contributed by atoms with van der Waals surface area (Å²) in [5.41, 5.74) is 10.6. The molecule has 0 saturated heterocycles. The van der Waals surface area contributed by atoms with Gasteiger partial charge in [0, 0.05) is 22.3 Å². The van der Waals surface area contributed by atoms with E-state index in [9.17, 15) is 0 Å². The standard InChI is InChI=1S/C60H39N/c1-4-18-49-41(13-1)16-11-25-50(49)44-33-37-48(38-34-44)61(47-35-31-40(32-36-47)46-30-29-45-28-27-43-15-3-6-20-52(43)58(45)39-46)60-57-24-10-8-22-54(57)53-21-7-9-23-56(53)59(60)55-26-12-17-42-14-2-5-19-51(42)55/h1-39H. The average molecular weight is 774 g/mol. The highest BCUT2D eigenvalue weighted by Crippen LogP contribution is 2.51. The van der Waals surface area contributed by atoms with Gasteiger partial charge < -0.3 is 4.90 Å². The van der Waals surface area contributed by atoms with Gasteiger partial charge in [0.05, 0.1) is 5.69 Å². The molecule has 0 amide bonds. The van der Waals surface area contributed by atoms with Crippen LogP contribution in [0.5, 0.6) is 0 Å². The summed E-state index contributed by atoms with van der Waals surface area (Å²) in [5.74, 6) is 0. The van der Waals surface area contributed by atoms with Crippen LogP contribution in [0.3, 0.4) is 0 Å². The average Bonchev–Trinajstić information content (AvgIpc) is 3.34. The Bertz CT molecular complexity index is 3630. The number of nitrogens with zero attached hydrogens (tertiary/aromatic N) is 1. The second-order valence-electron chi connectivity index (χ2n) is 16.0. The van der Waals surface area contributed by atoms with E-state index in [-0.39, 0.29) is 0 Å². The molecule has 0 saturated carbocycles. The Labute approximate surface area is 355 Å². The maximum atomic E-state index is 2.50. The number of benzene rings is 12. The molecule has 0 heterocycles. The highest BCUT2D eigenvalue weighted by atomic mass is 15.1. The first-order chi connectivity index (χ1) is 30.3. The van der Waals surface area contributed by atoms with Crippen LogP contribution in [0.4, 0.5) is 17.1 Å². The van der Waals surface area contributed by atoms with Gasteiger partial charge in [0.1, 0.15) is 0 Å². The first-order valence-electron chi connectivity index (χ1n) is 21.1. The lowest BCUT2D eigenvalue weighted by Gasteiger charge is -2.31. The largest absolute Gasteiger partial charge is 0.309 e. The van der Waals surface area contributed by atoms with Crippen LogP contribution in [0, 0.1) is 0 Å². The smallest absolute Gasteiger partial charge is 0.0625 e. The fourth-order valence-electron chi connectivity index (χ4n) is 9.73. The molecule has 0 N–H and O–H groups in total. The van der Waals surface area contributed by atoms with Crippen LogP contribution >= 0.6 is 0 Å². The van der Waals surface area contributed by atoms with Crippen LogP contribution in [0.25, 0.3) is 98.0 Å². The minimum absolute atomic E-state index is 1.09. The van der Waals surface area contributed by atoms with Gasteiger partial charge in [-0.3, -0.25) is 0 Å². The van der Waals surface area contributed by atoms with Gasteiger partial charge in [0.25, 0.3) is 0 Å². The zero-order valence-corrected chi connectivity index (χ0v) is 33.5. The lowest BCUT2D eigenvalue weighted by Crippen LogP contribution is -2.12. The molecule has 0 aromatic heterocycles. The molecule has 0 atom stereocenters. The van der Waals surface area contributed by atoms with Gasteiger partial charge in [-0.1, -0.05) is 206 Å². The molecule has 0 aliphatic rings. The van der Waals surface area contributed by atoms with Crippen molar-refractivity contribution in [1.82, 2.24) is 0 Å². The number of fused-ring (bicyclic) bond motifs is 8. The normalized spacial score (nSPS) is 11.6. The minimum atomic E-state index is 1.09. The third-order valence-electron chi connectivity index (χ3n) is 12.6. The van der Waals surface area contributed by atoms with Crippen molar-refractivity contribution in [3.05, 3.63) is 237 Å². The monoisotopic (exact) mass is 773 g/mol. The van der Waals surface area contributed by atoms with Crippen LogP contribution in [-0.4, -0.2) is 0 Å². The quantitative estimate of drug-likeness (QED) is 0.152. The van der Waals surface area contributed by atoms with Gasteiger partial charge in [0.15, 0.2) is 0 Å². The van der Waals surface area contributed by atoms with Crippen LogP contribution in [0.15, 0.2) is 237 Å². The van der Waals surface area contributed by atoms with Crippen LogP contribution in [0.1, 0.15) is 0 Å². The maximum Gasteiger partial charge on any atom is 0.0625 e. The summed E-state index contributed by atoms with van der Waals surface area (Å²) in [6, 6.07) is 87.0. The second kappa shape index (κ2) is 14.4. The molecule has 0 unspecified atom stereocenters. The molecule has 12 rings (SSSR count). The fourth-order valence-corrected chi connectivity index (χ4v) is 9.73. The Morgan fingerprint density at radius 2 is 0.639 bits per heavy atom. The zero-order chi connectivity index (χ0) is 40.3.